The number of carbonyl (C=O) groups is 2. The minimum absolute atomic E-state index is 0.0503. The maximum absolute atomic E-state index is 12.4. The number of carbonyl (C=O) groups excluding carboxylic acids is 2. The van der Waals surface area contributed by atoms with Crippen molar-refractivity contribution in [3.05, 3.63) is 30.1 Å². The zero-order chi connectivity index (χ0) is 15.2. The molecule has 1 aromatic rings. The molecular weight excluding hydrogens is 266 g/mol. The van der Waals surface area contributed by atoms with Crippen molar-refractivity contribution >= 4 is 11.8 Å². The molecular formula is C16H23N3O2. The number of likely N-dealkylation sites (tertiary alicyclic amines) is 1. The largest absolute Gasteiger partial charge is 0.345 e. The predicted molar refractivity (Wildman–Crippen MR) is 80.6 cm³/mol. The van der Waals surface area contributed by atoms with Crippen LogP contribution in [0.25, 0.3) is 0 Å². The molecule has 2 amide bonds. The quantitative estimate of drug-likeness (QED) is 0.840. The highest BCUT2D eigenvalue weighted by Gasteiger charge is 2.27. The molecule has 1 saturated heterocycles. The highest BCUT2D eigenvalue weighted by Crippen LogP contribution is 2.19. The van der Waals surface area contributed by atoms with E-state index in [0.717, 1.165) is 25.0 Å². The Bertz CT molecular complexity index is 482. The Balaban J connectivity index is 1.79. The van der Waals surface area contributed by atoms with Crippen molar-refractivity contribution in [3.8, 4) is 0 Å². The number of likely N-dealkylation sites (N-methyl/N-ethyl adjacent to an activating group) is 1. The Hall–Kier alpha value is -1.91. The Labute approximate surface area is 126 Å². The average molecular weight is 289 g/mol. The van der Waals surface area contributed by atoms with Gasteiger partial charge in [0.15, 0.2) is 0 Å². The molecule has 1 aromatic heterocycles. The minimum Gasteiger partial charge on any atom is -0.345 e. The van der Waals surface area contributed by atoms with Crippen LogP contribution in [0.1, 0.15) is 25.5 Å². The third-order valence-electron chi connectivity index (χ3n) is 4.10. The lowest BCUT2D eigenvalue weighted by Crippen LogP contribution is -2.43. The molecule has 1 aliphatic rings. The third kappa shape index (κ3) is 4.28. The van der Waals surface area contributed by atoms with Gasteiger partial charge in [0, 0.05) is 57.8 Å². The number of hydrogen-bond donors (Lipinski definition) is 0. The van der Waals surface area contributed by atoms with Gasteiger partial charge in [0.25, 0.3) is 0 Å². The molecule has 0 aliphatic carbocycles. The van der Waals surface area contributed by atoms with Crippen LogP contribution in [0.3, 0.4) is 0 Å². The molecule has 0 spiro atoms. The number of piperidine rings is 1. The van der Waals surface area contributed by atoms with Gasteiger partial charge < -0.3 is 9.80 Å². The number of aromatic nitrogens is 1. The Kier molecular flexibility index (Phi) is 5.31. The van der Waals surface area contributed by atoms with Gasteiger partial charge in [-0.05, 0) is 25.0 Å². The lowest BCUT2D eigenvalue weighted by atomic mass is 9.95. The van der Waals surface area contributed by atoms with E-state index in [0.29, 0.717) is 19.6 Å². The van der Waals surface area contributed by atoms with Gasteiger partial charge in [0.2, 0.25) is 11.8 Å². The van der Waals surface area contributed by atoms with Crippen LogP contribution in [0.5, 0.6) is 0 Å². The second kappa shape index (κ2) is 7.20. The summed E-state index contributed by atoms with van der Waals surface area (Å²) in [6, 6.07) is 5.83. The van der Waals surface area contributed by atoms with Gasteiger partial charge in [-0.3, -0.25) is 14.6 Å². The first kappa shape index (κ1) is 15.5. The number of pyridine rings is 1. The van der Waals surface area contributed by atoms with E-state index < -0.39 is 0 Å². The standard InChI is InChI=1S/C16H23N3O2/c1-13(20)19-11-6-14(7-12-19)16(21)18(2)10-8-15-5-3-4-9-17-15/h3-5,9,14H,6-8,10-12H2,1-2H3. The highest BCUT2D eigenvalue weighted by atomic mass is 16.2. The molecule has 1 fully saturated rings. The fraction of sp³-hybridized carbons (Fsp3) is 0.562. The summed E-state index contributed by atoms with van der Waals surface area (Å²) in [5.74, 6) is 0.341. The van der Waals surface area contributed by atoms with Crippen molar-refractivity contribution in [1.82, 2.24) is 14.8 Å². The van der Waals surface area contributed by atoms with Gasteiger partial charge in [0.05, 0.1) is 0 Å². The van der Waals surface area contributed by atoms with Crippen molar-refractivity contribution < 1.29 is 9.59 Å². The SMILES string of the molecule is CC(=O)N1CCC(C(=O)N(C)CCc2ccccn2)CC1. The van der Waals surface area contributed by atoms with E-state index in [1.54, 1.807) is 18.0 Å². The summed E-state index contributed by atoms with van der Waals surface area (Å²) >= 11 is 0. The Morgan fingerprint density at radius 3 is 2.62 bits per heavy atom. The molecule has 5 heteroatoms. The zero-order valence-electron chi connectivity index (χ0n) is 12.8. The first-order chi connectivity index (χ1) is 10.1. The molecule has 0 radical (unpaired) electrons. The molecule has 0 aromatic carbocycles. The number of rotatable bonds is 4. The molecule has 5 nitrogen and oxygen atoms in total. The van der Waals surface area contributed by atoms with Crippen LogP contribution in [0, 0.1) is 5.92 Å². The van der Waals surface area contributed by atoms with E-state index >= 15 is 0 Å². The summed E-state index contributed by atoms with van der Waals surface area (Å²) in [5.41, 5.74) is 1.00. The third-order valence-corrected chi connectivity index (χ3v) is 4.10. The molecule has 0 unspecified atom stereocenters. The lowest BCUT2D eigenvalue weighted by Gasteiger charge is -2.32. The molecule has 0 atom stereocenters. The van der Waals surface area contributed by atoms with Crippen molar-refractivity contribution in [1.29, 1.82) is 0 Å². The Morgan fingerprint density at radius 1 is 1.33 bits per heavy atom. The monoisotopic (exact) mass is 289 g/mol. The van der Waals surface area contributed by atoms with Gasteiger partial charge in [-0.1, -0.05) is 6.07 Å². The molecule has 0 bridgehead atoms. The molecule has 0 saturated carbocycles. The molecule has 114 valence electrons. The molecule has 2 rings (SSSR count). The summed E-state index contributed by atoms with van der Waals surface area (Å²) in [6.07, 6.45) is 4.09. The normalized spacial score (nSPS) is 15.8. The summed E-state index contributed by atoms with van der Waals surface area (Å²) < 4.78 is 0. The summed E-state index contributed by atoms with van der Waals surface area (Å²) in [5, 5.41) is 0. The van der Waals surface area contributed by atoms with Crippen LogP contribution in [0.15, 0.2) is 24.4 Å². The number of nitrogens with zero attached hydrogens (tertiary/aromatic N) is 3. The van der Waals surface area contributed by atoms with Crippen molar-refractivity contribution in [2.45, 2.75) is 26.2 Å². The molecule has 2 heterocycles. The first-order valence-electron chi connectivity index (χ1n) is 7.48. The van der Waals surface area contributed by atoms with Crippen molar-refractivity contribution in [2.75, 3.05) is 26.7 Å². The lowest BCUT2D eigenvalue weighted by molar-refractivity contribution is -0.139. The van der Waals surface area contributed by atoms with Crippen LogP contribution in [-0.4, -0.2) is 53.3 Å². The average Bonchev–Trinajstić information content (AvgIpc) is 2.53. The molecule has 1 aliphatic heterocycles. The second-order valence-electron chi connectivity index (χ2n) is 5.61. The van der Waals surface area contributed by atoms with Crippen LogP contribution < -0.4 is 0 Å². The highest BCUT2D eigenvalue weighted by molar-refractivity contribution is 5.79. The van der Waals surface area contributed by atoms with Gasteiger partial charge >= 0.3 is 0 Å². The van der Waals surface area contributed by atoms with Crippen molar-refractivity contribution in [3.63, 3.8) is 0 Å². The zero-order valence-corrected chi connectivity index (χ0v) is 12.8. The van der Waals surface area contributed by atoms with E-state index in [4.69, 9.17) is 0 Å². The summed E-state index contributed by atoms with van der Waals surface area (Å²) in [4.78, 5) is 31.6. The fourth-order valence-electron chi connectivity index (χ4n) is 2.69. The molecule has 21 heavy (non-hydrogen) atoms. The minimum atomic E-state index is 0.0503. The van der Waals surface area contributed by atoms with Crippen LogP contribution in [-0.2, 0) is 16.0 Å². The van der Waals surface area contributed by atoms with Crippen molar-refractivity contribution in [2.24, 2.45) is 5.92 Å². The maximum Gasteiger partial charge on any atom is 0.225 e. The maximum atomic E-state index is 12.4. The van der Waals surface area contributed by atoms with Crippen LogP contribution in [0.2, 0.25) is 0 Å². The van der Waals surface area contributed by atoms with Gasteiger partial charge in [-0.25, -0.2) is 0 Å². The van der Waals surface area contributed by atoms with Gasteiger partial charge in [-0.2, -0.15) is 0 Å². The number of hydrogen-bond acceptors (Lipinski definition) is 3. The van der Waals surface area contributed by atoms with E-state index in [2.05, 4.69) is 4.98 Å². The Morgan fingerprint density at radius 2 is 2.05 bits per heavy atom. The van der Waals surface area contributed by atoms with Gasteiger partial charge in [0.1, 0.15) is 0 Å². The van der Waals surface area contributed by atoms with E-state index in [-0.39, 0.29) is 17.7 Å². The van der Waals surface area contributed by atoms with Crippen LogP contribution in [0.4, 0.5) is 0 Å². The van der Waals surface area contributed by atoms with E-state index in [1.807, 2.05) is 30.1 Å². The summed E-state index contributed by atoms with van der Waals surface area (Å²) in [7, 11) is 1.85. The smallest absolute Gasteiger partial charge is 0.225 e. The topological polar surface area (TPSA) is 53.5 Å². The first-order valence-corrected chi connectivity index (χ1v) is 7.48. The molecule has 0 N–H and O–H groups in total. The predicted octanol–water partition coefficient (Wildman–Crippen LogP) is 1.34. The summed E-state index contributed by atoms with van der Waals surface area (Å²) in [6.45, 7) is 3.66. The van der Waals surface area contributed by atoms with E-state index in [9.17, 15) is 9.59 Å². The van der Waals surface area contributed by atoms with Crippen LogP contribution >= 0.6 is 0 Å². The second-order valence-corrected chi connectivity index (χ2v) is 5.61. The van der Waals surface area contributed by atoms with E-state index in [1.165, 1.54) is 0 Å². The van der Waals surface area contributed by atoms with Gasteiger partial charge in [-0.15, -0.1) is 0 Å². The fourth-order valence-corrected chi connectivity index (χ4v) is 2.69. The number of amides is 2.